The Hall–Kier alpha value is -0.120. The maximum Gasteiger partial charge on any atom is 0.139 e. The Morgan fingerprint density at radius 3 is 1.32 bits per heavy atom. The summed E-state index contributed by atoms with van der Waals surface area (Å²) in [6, 6.07) is 0. The predicted molar refractivity (Wildman–Crippen MR) is 112 cm³/mol. The molecule has 0 heterocycles. The van der Waals surface area contributed by atoms with E-state index in [0.717, 1.165) is 12.8 Å². The van der Waals surface area contributed by atoms with Gasteiger partial charge in [0.05, 0.1) is 13.1 Å². The quantitative estimate of drug-likeness (QED) is 0.119. The summed E-state index contributed by atoms with van der Waals surface area (Å²) >= 11 is 0. The molecular formula is C22H48N2O. The number of nitrogens with two attached hydrogens (primary N) is 1. The molecular weight excluding hydrogens is 308 g/mol. The van der Waals surface area contributed by atoms with E-state index < -0.39 is 0 Å². The number of hydroxylamine groups is 3. The van der Waals surface area contributed by atoms with Crippen LogP contribution < -0.4 is 5.73 Å². The minimum atomic E-state index is -0.239. The topological polar surface area (TPSA) is 49.1 Å². The molecule has 0 amide bonds. The van der Waals surface area contributed by atoms with Gasteiger partial charge in [-0.05, 0) is 19.8 Å². The Morgan fingerprint density at radius 1 is 0.640 bits per heavy atom. The van der Waals surface area contributed by atoms with E-state index in [-0.39, 0.29) is 10.8 Å². The average molecular weight is 357 g/mol. The minimum Gasteiger partial charge on any atom is -0.632 e. The molecule has 0 aliphatic carbocycles. The summed E-state index contributed by atoms with van der Waals surface area (Å²) in [6.45, 7) is 7.56. The summed E-state index contributed by atoms with van der Waals surface area (Å²) in [5.41, 5.74) is 5.98. The van der Waals surface area contributed by atoms with Crippen LogP contribution in [0.15, 0.2) is 0 Å². The molecule has 0 rings (SSSR count). The average Bonchev–Trinajstić information content (AvgIpc) is 2.63. The largest absolute Gasteiger partial charge is 0.632 e. The van der Waals surface area contributed by atoms with Crippen LogP contribution in [0.25, 0.3) is 0 Å². The van der Waals surface area contributed by atoms with Gasteiger partial charge in [0.2, 0.25) is 0 Å². The van der Waals surface area contributed by atoms with Crippen molar-refractivity contribution in [1.29, 1.82) is 0 Å². The van der Waals surface area contributed by atoms with Crippen molar-refractivity contribution in [3.8, 4) is 0 Å². The Kier molecular flexibility index (Phi) is 17.2. The molecule has 2 atom stereocenters. The molecule has 0 fully saturated rings. The Bertz CT molecular complexity index is 273. The van der Waals surface area contributed by atoms with E-state index in [2.05, 4.69) is 6.92 Å². The Morgan fingerprint density at radius 2 is 1.00 bits per heavy atom. The van der Waals surface area contributed by atoms with Gasteiger partial charge in [-0.3, -0.25) is 5.73 Å². The molecule has 0 spiro atoms. The molecule has 3 heteroatoms. The molecule has 2 unspecified atom stereocenters. The summed E-state index contributed by atoms with van der Waals surface area (Å²) in [5.74, 6) is 0. The highest BCUT2D eigenvalue weighted by Gasteiger charge is 2.21. The first-order valence-electron chi connectivity index (χ1n) is 11.4. The Balaban J connectivity index is 3.31. The second-order valence-corrected chi connectivity index (χ2v) is 7.92. The summed E-state index contributed by atoms with van der Waals surface area (Å²) in [6.07, 6.45) is 20.9. The zero-order valence-electron chi connectivity index (χ0n) is 17.7. The molecule has 0 aliphatic heterocycles. The van der Waals surface area contributed by atoms with Crippen LogP contribution in [0.5, 0.6) is 0 Å². The standard InChI is InChI=1S/C22H48N2O/c1-4-7-8-9-10-11-12-13-14-15-16-17-18-19-20-21-24(25,6-3)22(23)5-2/h22H,4-21,23H2,1-3H3. The fourth-order valence-electron chi connectivity index (χ4n) is 3.64. The van der Waals surface area contributed by atoms with Crippen molar-refractivity contribution in [1.82, 2.24) is 0 Å². The highest BCUT2D eigenvalue weighted by Crippen LogP contribution is 2.16. The number of rotatable bonds is 19. The fraction of sp³-hybridized carbons (Fsp3) is 1.00. The van der Waals surface area contributed by atoms with Crippen molar-refractivity contribution in [2.45, 2.75) is 130 Å². The number of nitrogens with zero attached hydrogens (tertiary/aromatic N) is 1. The molecule has 0 aliphatic rings. The lowest BCUT2D eigenvalue weighted by molar-refractivity contribution is -0.904. The lowest BCUT2D eigenvalue weighted by atomic mass is 10.0. The highest BCUT2D eigenvalue weighted by molar-refractivity contribution is 4.53. The van der Waals surface area contributed by atoms with Crippen molar-refractivity contribution >= 4 is 0 Å². The molecule has 0 aromatic heterocycles. The van der Waals surface area contributed by atoms with Crippen LogP contribution in [0.2, 0.25) is 0 Å². The van der Waals surface area contributed by atoms with Crippen LogP contribution in [0, 0.1) is 5.21 Å². The number of hydrogen-bond acceptors (Lipinski definition) is 2. The predicted octanol–water partition coefficient (Wildman–Crippen LogP) is 6.89. The molecule has 0 radical (unpaired) electrons. The zero-order chi connectivity index (χ0) is 18.8. The van der Waals surface area contributed by atoms with Gasteiger partial charge in [-0.1, -0.05) is 97.3 Å². The van der Waals surface area contributed by atoms with E-state index in [4.69, 9.17) is 5.73 Å². The molecule has 0 aromatic rings. The summed E-state index contributed by atoms with van der Waals surface area (Å²) in [4.78, 5) is 0. The molecule has 3 nitrogen and oxygen atoms in total. The number of quaternary nitrogens is 1. The van der Waals surface area contributed by atoms with Gasteiger partial charge in [0.15, 0.2) is 0 Å². The lowest BCUT2D eigenvalue weighted by Gasteiger charge is -2.46. The minimum absolute atomic E-state index is 0.199. The fourth-order valence-corrected chi connectivity index (χ4v) is 3.64. The van der Waals surface area contributed by atoms with Gasteiger partial charge in [-0.15, -0.1) is 0 Å². The zero-order valence-corrected chi connectivity index (χ0v) is 17.7. The van der Waals surface area contributed by atoms with Crippen LogP contribution in [0.4, 0.5) is 0 Å². The third-order valence-electron chi connectivity index (χ3n) is 5.70. The maximum atomic E-state index is 12.5. The second kappa shape index (κ2) is 17.3. The van der Waals surface area contributed by atoms with E-state index in [9.17, 15) is 5.21 Å². The van der Waals surface area contributed by atoms with Crippen LogP contribution >= 0.6 is 0 Å². The second-order valence-electron chi connectivity index (χ2n) is 7.92. The van der Waals surface area contributed by atoms with E-state index in [0.29, 0.717) is 13.1 Å². The smallest absolute Gasteiger partial charge is 0.139 e. The van der Waals surface area contributed by atoms with Gasteiger partial charge in [-0.25, -0.2) is 0 Å². The van der Waals surface area contributed by atoms with Crippen molar-refractivity contribution in [3.63, 3.8) is 0 Å². The van der Waals surface area contributed by atoms with E-state index >= 15 is 0 Å². The number of unbranched alkanes of at least 4 members (excludes halogenated alkanes) is 14. The molecule has 25 heavy (non-hydrogen) atoms. The molecule has 0 bridgehead atoms. The van der Waals surface area contributed by atoms with Crippen molar-refractivity contribution in [3.05, 3.63) is 5.21 Å². The first-order valence-corrected chi connectivity index (χ1v) is 11.4. The highest BCUT2D eigenvalue weighted by atomic mass is 16.5. The van der Waals surface area contributed by atoms with Crippen molar-refractivity contribution < 1.29 is 4.65 Å². The monoisotopic (exact) mass is 356 g/mol. The molecule has 0 aromatic carbocycles. The van der Waals surface area contributed by atoms with Gasteiger partial charge < -0.3 is 9.85 Å². The summed E-state index contributed by atoms with van der Waals surface area (Å²) in [5, 5.41) is 12.5. The molecule has 0 saturated heterocycles. The van der Waals surface area contributed by atoms with Crippen LogP contribution in [0.1, 0.15) is 124 Å². The number of hydrogen-bond donors (Lipinski definition) is 1. The van der Waals surface area contributed by atoms with Crippen molar-refractivity contribution in [2.24, 2.45) is 5.73 Å². The molecule has 152 valence electrons. The van der Waals surface area contributed by atoms with Crippen molar-refractivity contribution in [2.75, 3.05) is 13.1 Å². The maximum absolute atomic E-state index is 12.5. The Labute approximate surface area is 158 Å². The molecule has 2 N–H and O–H groups in total. The van der Waals surface area contributed by atoms with Gasteiger partial charge >= 0.3 is 0 Å². The SMILES string of the molecule is CCCCCCCCCCCCCCCCC[N+]([O-])(CC)C(N)CC. The van der Waals surface area contributed by atoms with Gasteiger partial charge in [0.25, 0.3) is 0 Å². The first-order chi connectivity index (χ1) is 12.1. The summed E-state index contributed by atoms with van der Waals surface area (Å²) < 4.78 is -0.199. The van der Waals surface area contributed by atoms with E-state index in [1.807, 2.05) is 13.8 Å². The first kappa shape index (κ1) is 24.9. The third kappa shape index (κ3) is 13.7. The third-order valence-corrected chi connectivity index (χ3v) is 5.70. The van der Waals surface area contributed by atoms with Gasteiger partial charge in [-0.2, -0.15) is 0 Å². The van der Waals surface area contributed by atoms with E-state index in [1.165, 1.54) is 89.9 Å². The normalized spacial score (nSPS) is 15.2. The van der Waals surface area contributed by atoms with Crippen LogP contribution in [-0.4, -0.2) is 23.9 Å². The molecule has 0 saturated carbocycles. The van der Waals surface area contributed by atoms with Gasteiger partial charge in [0.1, 0.15) is 6.17 Å². The lowest BCUT2D eigenvalue weighted by Crippen LogP contribution is -2.55. The van der Waals surface area contributed by atoms with Gasteiger partial charge in [0, 0.05) is 6.42 Å². The van der Waals surface area contributed by atoms with Crippen LogP contribution in [0.3, 0.4) is 0 Å². The summed E-state index contributed by atoms with van der Waals surface area (Å²) in [7, 11) is 0. The van der Waals surface area contributed by atoms with Crippen LogP contribution in [-0.2, 0) is 0 Å². The van der Waals surface area contributed by atoms with E-state index in [1.54, 1.807) is 0 Å².